The van der Waals surface area contributed by atoms with Gasteiger partial charge in [-0.2, -0.15) is 0 Å². The molecular formula is C37H60NP. The Kier molecular flexibility index (Phi) is 11.9. The molecule has 0 aliphatic carbocycles. The maximum absolute atomic E-state index is 3.91. The van der Waals surface area contributed by atoms with Crippen molar-refractivity contribution < 1.29 is 0 Å². The van der Waals surface area contributed by atoms with Crippen LogP contribution in [-0.4, -0.2) is 11.8 Å². The minimum absolute atomic E-state index is 0.267. The Balaban J connectivity index is 2.69. The van der Waals surface area contributed by atoms with Crippen molar-refractivity contribution in [2.45, 2.75) is 139 Å². The summed E-state index contributed by atoms with van der Waals surface area (Å²) in [7, 11) is -0.407. The molecule has 0 fully saturated rings. The summed E-state index contributed by atoms with van der Waals surface area (Å²) in [5.74, 6) is 2.54. The number of para-hydroxylation sites is 1. The predicted octanol–water partition coefficient (Wildman–Crippen LogP) is 11.9. The molecule has 218 valence electrons. The first-order chi connectivity index (χ1) is 17.9. The van der Waals surface area contributed by atoms with Crippen LogP contribution in [0.15, 0.2) is 42.1 Å². The Morgan fingerprint density at radius 2 is 1.15 bits per heavy atom. The zero-order chi connectivity index (χ0) is 29.8. The summed E-state index contributed by atoms with van der Waals surface area (Å²) < 4.78 is 0. The smallest absolute Gasteiger partial charge is 0.0452 e. The van der Waals surface area contributed by atoms with Crippen LogP contribution in [0.4, 0.5) is 5.69 Å². The average molecular weight is 550 g/mol. The van der Waals surface area contributed by atoms with Gasteiger partial charge in [-0.15, -0.1) is 0 Å². The summed E-state index contributed by atoms with van der Waals surface area (Å²) in [5.41, 5.74) is 10.8. The second kappa shape index (κ2) is 13.9. The van der Waals surface area contributed by atoms with Crippen LogP contribution in [0, 0.1) is 5.41 Å². The number of rotatable bonds is 11. The third-order valence-corrected chi connectivity index (χ3v) is 11.2. The van der Waals surface area contributed by atoms with Crippen molar-refractivity contribution in [1.82, 2.24) is 0 Å². The normalized spacial score (nSPS) is 14.7. The molecule has 0 spiro atoms. The molecule has 0 saturated carbocycles. The zero-order valence-electron chi connectivity index (χ0n) is 28.1. The average Bonchev–Trinajstić information content (AvgIpc) is 2.80. The Labute approximate surface area is 244 Å². The molecule has 0 heterocycles. The Morgan fingerprint density at radius 3 is 1.51 bits per heavy atom. The molecule has 2 aromatic carbocycles. The van der Waals surface area contributed by atoms with Gasteiger partial charge in [0.15, 0.2) is 0 Å². The summed E-state index contributed by atoms with van der Waals surface area (Å²) in [4.78, 5) is 0. The molecule has 0 amide bonds. The van der Waals surface area contributed by atoms with Crippen LogP contribution < -0.4 is 10.6 Å². The van der Waals surface area contributed by atoms with Gasteiger partial charge in [-0.25, -0.2) is 0 Å². The summed E-state index contributed by atoms with van der Waals surface area (Å²) >= 11 is 0. The number of hydrogen-bond acceptors (Lipinski definition) is 1. The Bertz CT molecular complexity index is 1060. The van der Waals surface area contributed by atoms with Crippen LogP contribution in [0.2, 0.25) is 0 Å². The van der Waals surface area contributed by atoms with E-state index < -0.39 is 7.92 Å². The van der Waals surface area contributed by atoms with E-state index in [0.717, 1.165) is 0 Å². The van der Waals surface area contributed by atoms with Crippen LogP contribution in [0.5, 0.6) is 0 Å². The van der Waals surface area contributed by atoms with Gasteiger partial charge in [0.2, 0.25) is 0 Å². The zero-order valence-corrected chi connectivity index (χ0v) is 29.0. The third-order valence-electron chi connectivity index (χ3n) is 7.71. The standard InChI is InChI=1S/C37H60NP/c1-23(2)30-20-33(26(7)8)36(34(21-30)27(9)10)39(22-37(13,14)15)29(12)19-28(11)38-35-31(24(3)4)17-16-18-32(35)25(5)6/h16-21,23-27,29,38H,22H2,1-15H3/b28-19+/t29-,39?/m1/s1. The molecule has 2 atom stereocenters. The van der Waals surface area contributed by atoms with Gasteiger partial charge >= 0.3 is 0 Å². The summed E-state index contributed by atoms with van der Waals surface area (Å²) in [6.07, 6.45) is 3.77. The van der Waals surface area contributed by atoms with Gasteiger partial charge in [0.05, 0.1) is 0 Å². The van der Waals surface area contributed by atoms with Gasteiger partial charge < -0.3 is 5.32 Å². The highest BCUT2D eigenvalue weighted by Crippen LogP contribution is 2.50. The van der Waals surface area contributed by atoms with Gasteiger partial charge in [0, 0.05) is 17.0 Å². The fraction of sp³-hybridized carbons (Fsp3) is 0.622. The number of anilines is 1. The van der Waals surface area contributed by atoms with Crippen molar-refractivity contribution in [3.8, 4) is 0 Å². The van der Waals surface area contributed by atoms with E-state index in [1.807, 2.05) is 0 Å². The molecule has 0 aliphatic heterocycles. The molecule has 1 N–H and O–H groups in total. The van der Waals surface area contributed by atoms with E-state index in [0.29, 0.717) is 35.2 Å². The molecule has 0 saturated heterocycles. The second-order valence-electron chi connectivity index (χ2n) is 14.5. The van der Waals surface area contributed by atoms with Gasteiger partial charge in [0.1, 0.15) is 0 Å². The first-order valence-corrected chi connectivity index (χ1v) is 17.1. The van der Waals surface area contributed by atoms with Crippen LogP contribution in [0.1, 0.15) is 161 Å². The molecule has 0 radical (unpaired) electrons. The topological polar surface area (TPSA) is 12.0 Å². The highest BCUT2D eigenvalue weighted by Gasteiger charge is 2.30. The maximum atomic E-state index is 3.91. The van der Waals surface area contributed by atoms with Crippen molar-refractivity contribution in [3.05, 3.63) is 69.9 Å². The minimum Gasteiger partial charge on any atom is -0.359 e. The van der Waals surface area contributed by atoms with Crippen molar-refractivity contribution in [1.29, 1.82) is 0 Å². The largest absolute Gasteiger partial charge is 0.359 e. The van der Waals surface area contributed by atoms with E-state index in [4.69, 9.17) is 0 Å². The Morgan fingerprint density at radius 1 is 0.718 bits per heavy atom. The Hall–Kier alpha value is -1.59. The van der Waals surface area contributed by atoms with E-state index in [1.165, 1.54) is 34.2 Å². The molecule has 2 rings (SSSR count). The lowest BCUT2D eigenvalue weighted by molar-refractivity contribution is 0.477. The van der Waals surface area contributed by atoms with Gasteiger partial charge in [-0.1, -0.05) is 141 Å². The van der Waals surface area contributed by atoms with E-state index in [2.05, 4.69) is 146 Å². The van der Waals surface area contributed by atoms with Crippen molar-refractivity contribution in [2.75, 3.05) is 11.5 Å². The van der Waals surface area contributed by atoms with Crippen LogP contribution in [0.25, 0.3) is 0 Å². The second-order valence-corrected chi connectivity index (χ2v) is 17.1. The minimum atomic E-state index is -0.407. The van der Waals surface area contributed by atoms with Crippen LogP contribution in [-0.2, 0) is 0 Å². The van der Waals surface area contributed by atoms with E-state index >= 15 is 0 Å². The van der Waals surface area contributed by atoms with Crippen molar-refractivity contribution in [3.63, 3.8) is 0 Å². The molecular weight excluding hydrogens is 489 g/mol. The SMILES string of the molecule is C/C(=C\[C@@H](C)P(CC(C)(C)C)c1c(C(C)C)cc(C(C)C)cc1C(C)C)Nc1c(C(C)C)cccc1C(C)C. The molecule has 39 heavy (non-hydrogen) atoms. The van der Waals surface area contributed by atoms with Crippen LogP contribution in [0.3, 0.4) is 0 Å². The number of benzene rings is 2. The molecule has 2 heteroatoms. The van der Waals surface area contributed by atoms with Crippen LogP contribution >= 0.6 is 7.92 Å². The lowest BCUT2D eigenvalue weighted by Crippen LogP contribution is -2.27. The molecule has 2 aromatic rings. The lowest BCUT2D eigenvalue weighted by Gasteiger charge is -2.35. The van der Waals surface area contributed by atoms with E-state index in [-0.39, 0.29) is 5.41 Å². The van der Waals surface area contributed by atoms with E-state index in [1.54, 1.807) is 16.4 Å². The predicted molar refractivity (Wildman–Crippen MR) is 181 cm³/mol. The fourth-order valence-corrected chi connectivity index (χ4v) is 9.16. The third kappa shape index (κ3) is 8.95. The molecule has 0 bridgehead atoms. The first kappa shape index (κ1) is 33.6. The number of nitrogens with one attached hydrogen (secondary N) is 1. The van der Waals surface area contributed by atoms with Crippen molar-refractivity contribution in [2.24, 2.45) is 5.41 Å². The van der Waals surface area contributed by atoms with Crippen molar-refractivity contribution >= 4 is 18.9 Å². The molecule has 0 aliphatic rings. The summed E-state index contributed by atoms with van der Waals surface area (Å²) in [6, 6.07) is 11.9. The van der Waals surface area contributed by atoms with Gasteiger partial charge in [-0.05, 0) is 81.2 Å². The van der Waals surface area contributed by atoms with E-state index in [9.17, 15) is 0 Å². The summed E-state index contributed by atoms with van der Waals surface area (Å²) in [5, 5.41) is 5.59. The maximum Gasteiger partial charge on any atom is 0.0452 e. The quantitative estimate of drug-likeness (QED) is 0.275. The lowest BCUT2D eigenvalue weighted by atomic mass is 9.89. The number of hydrogen-bond donors (Lipinski definition) is 1. The van der Waals surface area contributed by atoms with Gasteiger partial charge in [-0.3, -0.25) is 0 Å². The molecule has 1 nitrogen and oxygen atoms in total. The first-order valence-electron chi connectivity index (χ1n) is 15.5. The molecule has 1 unspecified atom stereocenters. The highest BCUT2D eigenvalue weighted by atomic mass is 31.1. The highest BCUT2D eigenvalue weighted by molar-refractivity contribution is 7.66. The monoisotopic (exact) mass is 549 g/mol. The van der Waals surface area contributed by atoms with Gasteiger partial charge in [0.25, 0.3) is 0 Å². The number of allylic oxidation sites excluding steroid dienone is 2. The fourth-order valence-electron chi connectivity index (χ4n) is 5.57. The molecule has 0 aromatic heterocycles. The summed E-state index contributed by atoms with van der Waals surface area (Å²) in [6.45, 7) is 35.5.